The second-order valence-corrected chi connectivity index (χ2v) is 6.84. The van der Waals surface area contributed by atoms with Crippen molar-refractivity contribution < 1.29 is 14.3 Å². The van der Waals surface area contributed by atoms with Gasteiger partial charge in [0.1, 0.15) is 0 Å². The molecule has 1 aromatic carbocycles. The van der Waals surface area contributed by atoms with Gasteiger partial charge in [0, 0.05) is 30.8 Å². The highest BCUT2D eigenvalue weighted by Crippen LogP contribution is 2.21. The lowest BCUT2D eigenvalue weighted by Crippen LogP contribution is -2.37. The van der Waals surface area contributed by atoms with Crippen molar-refractivity contribution in [3.8, 4) is 0 Å². The number of aromatic amines is 1. The van der Waals surface area contributed by atoms with Crippen LogP contribution in [0.5, 0.6) is 0 Å². The molecule has 0 saturated carbocycles. The minimum Gasteiger partial charge on any atom is -0.384 e. The zero-order valence-electron chi connectivity index (χ0n) is 15.3. The lowest BCUT2D eigenvalue weighted by atomic mass is 10.0. The Kier molecular flexibility index (Phi) is 6.47. The number of nitrogens with zero attached hydrogens (tertiary/aromatic N) is 2. The molecule has 1 aliphatic rings. The zero-order valence-corrected chi connectivity index (χ0v) is 16.0. The Balaban J connectivity index is 1.56. The second kappa shape index (κ2) is 9.01. The van der Waals surface area contributed by atoms with Gasteiger partial charge in [0.2, 0.25) is 5.91 Å². The number of carbonyl (C=O) groups is 2. The SMILES string of the molecule is COCCC(=O)N1CCc2c(C(=O)NCCc3ccccc3Cl)n[nH]c2C1. The molecule has 8 heteroatoms. The number of ether oxygens (including phenoxy) is 1. The molecule has 27 heavy (non-hydrogen) atoms. The molecule has 144 valence electrons. The van der Waals surface area contributed by atoms with Crippen molar-refractivity contribution in [3.05, 3.63) is 51.8 Å². The first-order valence-corrected chi connectivity index (χ1v) is 9.32. The summed E-state index contributed by atoms with van der Waals surface area (Å²) in [4.78, 5) is 26.4. The zero-order chi connectivity index (χ0) is 19.2. The molecule has 2 aromatic rings. The fourth-order valence-corrected chi connectivity index (χ4v) is 3.39. The number of benzene rings is 1. The minimum absolute atomic E-state index is 0.0443. The van der Waals surface area contributed by atoms with Crippen molar-refractivity contribution in [1.82, 2.24) is 20.4 Å². The lowest BCUT2D eigenvalue weighted by molar-refractivity contribution is -0.133. The van der Waals surface area contributed by atoms with Crippen molar-refractivity contribution in [3.63, 3.8) is 0 Å². The van der Waals surface area contributed by atoms with Gasteiger partial charge in [0.05, 0.1) is 25.3 Å². The van der Waals surface area contributed by atoms with Gasteiger partial charge in [-0.05, 0) is 24.5 Å². The van der Waals surface area contributed by atoms with E-state index in [2.05, 4.69) is 15.5 Å². The molecular weight excluding hydrogens is 368 g/mol. The van der Waals surface area contributed by atoms with Crippen LogP contribution in [-0.4, -0.2) is 53.7 Å². The summed E-state index contributed by atoms with van der Waals surface area (Å²) in [6.45, 7) is 1.91. The average Bonchev–Trinajstić information content (AvgIpc) is 3.10. The van der Waals surface area contributed by atoms with Crippen LogP contribution >= 0.6 is 11.6 Å². The van der Waals surface area contributed by atoms with E-state index in [1.54, 1.807) is 12.0 Å². The third-order valence-corrected chi connectivity index (χ3v) is 5.03. The summed E-state index contributed by atoms with van der Waals surface area (Å²) in [5.74, 6) is -0.165. The molecule has 1 aliphatic heterocycles. The van der Waals surface area contributed by atoms with Crippen LogP contribution in [0, 0.1) is 0 Å². The highest BCUT2D eigenvalue weighted by atomic mass is 35.5. The van der Waals surface area contributed by atoms with E-state index >= 15 is 0 Å². The molecule has 0 spiro atoms. The van der Waals surface area contributed by atoms with E-state index in [9.17, 15) is 9.59 Å². The van der Waals surface area contributed by atoms with Crippen LogP contribution in [0.2, 0.25) is 5.02 Å². The van der Waals surface area contributed by atoms with Crippen molar-refractivity contribution in [1.29, 1.82) is 0 Å². The smallest absolute Gasteiger partial charge is 0.272 e. The standard InChI is InChI=1S/C19H23ClN4O3/c1-27-11-8-17(25)24-10-7-14-16(12-24)22-23-18(14)19(26)21-9-6-13-4-2-3-5-15(13)20/h2-5H,6-12H2,1H3,(H,21,26)(H,22,23). The van der Waals surface area contributed by atoms with E-state index in [0.29, 0.717) is 56.2 Å². The molecular formula is C19H23ClN4O3. The molecule has 2 heterocycles. The molecule has 7 nitrogen and oxygen atoms in total. The molecule has 0 radical (unpaired) electrons. The van der Waals surface area contributed by atoms with E-state index in [0.717, 1.165) is 16.8 Å². The maximum atomic E-state index is 12.5. The third-order valence-electron chi connectivity index (χ3n) is 4.66. The number of rotatable bonds is 7. The number of hydrogen-bond acceptors (Lipinski definition) is 4. The highest BCUT2D eigenvalue weighted by molar-refractivity contribution is 6.31. The van der Waals surface area contributed by atoms with Gasteiger partial charge in [-0.25, -0.2) is 0 Å². The van der Waals surface area contributed by atoms with Gasteiger partial charge >= 0.3 is 0 Å². The van der Waals surface area contributed by atoms with Crippen molar-refractivity contribution in [2.75, 3.05) is 26.8 Å². The highest BCUT2D eigenvalue weighted by Gasteiger charge is 2.27. The van der Waals surface area contributed by atoms with E-state index in [-0.39, 0.29) is 11.8 Å². The number of amides is 2. The summed E-state index contributed by atoms with van der Waals surface area (Å²) in [6.07, 6.45) is 1.62. The third kappa shape index (κ3) is 4.67. The van der Waals surface area contributed by atoms with Gasteiger partial charge in [-0.2, -0.15) is 5.10 Å². The number of aromatic nitrogens is 2. The molecule has 0 fully saturated rings. The number of hydrogen-bond donors (Lipinski definition) is 2. The summed E-state index contributed by atoms with van der Waals surface area (Å²) in [5.41, 5.74) is 3.12. The minimum atomic E-state index is -0.210. The van der Waals surface area contributed by atoms with E-state index in [1.807, 2.05) is 24.3 Å². The van der Waals surface area contributed by atoms with Crippen LogP contribution in [-0.2, 0) is 28.9 Å². The van der Waals surface area contributed by atoms with Gasteiger partial charge in [0.25, 0.3) is 5.91 Å². The summed E-state index contributed by atoms with van der Waals surface area (Å²) in [7, 11) is 1.58. The summed E-state index contributed by atoms with van der Waals surface area (Å²) >= 11 is 6.13. The van der Waals surface area contributed by atoms with E-state index in [4.69, 9.17) is 16.3 Å². The van der Waals surface area contributed by atoms with Gasteiger partial charge < -0.3 is 15.0 Å². The maximum Gasteiger partial charge on any atom is 0.272 e. The Morgan fingerprint density at radius 2 is 2.19 bits per heavy atom. The lowest BCUT2D eigenvalue weighted by Gasteiger charge is -2.26. The Morgan fingerprint density at radius 3 is 2.96 bits per heavy atom. The fourth-order valence-electron chi connectivity index (χ4n) is 3.16. The van der Waals surface area contributed by atoms with E-state index in [1.165, 1.54) is 0 Å². The number of fused-ring (bicyclic) bond motifs is 1. The van der Waals surface area contributed by atoms with Crippen LogP contribution in [0.1, 0.15) is 33.7 Å². The van der Waals surface area contributed by atoms with Gasteiger partial charge in [0.15, 0.2) is 5.69 Å². The first kappa shape index (κ1) is 19.4. The number of H-pyrrole nitrogens is 1. The number of methoxy groups -OCH3 is 1. The average molecular weight is 391 g/mol. The van der Waals surface area contributed by atoms with Crippen LogP contribution in [0.4, 0.5) is 0 Å². The number of nitrogens with one attached hydrogen (secondary N) is 2. The maximum absolute atomic E-state index is 12.5. The largest absolute Gasteiger partial charge is 0.384 e. The Bertz CT molecular complexity index is 821. The second-order valence-electron chi connectivity index (χ2n) is 6.43. The summed E-state index contributed by atoms with van der Waals surface area (Å²) in [5, 5.41) is 10.7. The Morgan fingerprint density at radius 1 is 1.37 bits per heavy atom. The topological polar surface area (TPSA) is 87.3 Å². The first-order valence-electron chi connectivity index (χ1n) is 8.94. The van der Waals surface area contributed by atoms with Crippen molar-refractivity contribution >= 4 is 23.4 Å². The molecule has 0 bridgehead atoms. The Hall–Kier alpha value is -2.38. The molecule has 0 saturated heterocycles. The molecule has 3 rings (SSSR count). The van der Waals surface area contributed by atoms with Gasteiger partial charge in [-0.1, -0.05) is 29.8 Å². The van der Waals surface area contributed by atoms with Crippen molar-refractivity contribution in [2.45, 2.75) is 25.8 Å². The predicted octanol–water partition coefficient (Wildman–Crippen LogP) is 1.96. The molecule has 2 amide bonds. The van der Waals surface area contributed by atoms with Crippen LogP contribution < -0.4 is 5.32 Å². The Labute approximate surface area is 163 Å². The predicted molar refractivity (Wildman–Crippen MR) is 102 cm³/mol. The van der Waals surface area contributed by atoms with Gasteiger partial charge in [-0.15, -0.1) is 0 Å². The number of carbonyl (C=O) groups excluding carboxylic acids is 2. The molecule has 0 atom stereocenters. The van der Waals surface area contributed by atoms with Crippen molar-refractivity contribution in [2.24, 2.45) is 0 Å². The quantitative estimate of drug-likeness (QED) is 0.756. The van der Waals surface area contributed by atoms with Crippen LogP contribution in [0.3, 0.4) is 0 Å². The van der Waals surface area contributed by atoms with Crippen LogP contribution in [0.25, 0.3) is 0 Å². The molecule has 1 aromatic heterocycles. The normalized spacial score (nSPS) is 13.3. The first-order chi connectivity index (χ1) is 13.1. The monoisotopic (exact) mass is 390 g/mol. The molecule has 0 aliphatic carbocycles. The summed E-state index contributed by atoms with van der Waals surface area (Å²) in [6, 6.07) is 7.58. The van der Waals surface area contributed by atoms with E-state index < -0.39 is 0 Å². The van der Waals surface area contributed by atoms with Crippen LogP contribution in [0.15, 0.2) is 24.3 Å². The molecule has 2 N–H and O–H groups in total. The summed E-state index contributed by atoms with van der Waals surface area (Å²) < 4.78 is 4.96. The van der Waals surface area contributed by atoms with Gasteiger partial charge in [-0.3, -0.25) is 14.7 Å². The molecule has 0 unspecified atom stereocenters. The fraction of sp³-hybridized carbons (Fsp3) is 0.421. The number of halogens is 1.